The number of thiazole rings is 1. The Kier molecular flexibility index (Phi) is 5.03. The number of benzene rings is 2. The Bertz CT molecular complexity index is 1040. The highest BCUT2D eigenvalue weighted by atomic mass is 32.1. The first-order valence-corrected chi connectivity index (χ1v) is 9.66. The van der Waals surface area contributed by atoms with Crippen molar-refractivity contribution in [2.24, 2.45) is 0 Å². The zero-order chi connectivity index (χ0) is 20.6. The van der Waals surface area contributed by atoms with Crippen LogP contribution in [0.2, 0.25) is 0 Å². The minimum atomic E-state index is -4.55. The third kappa shape index (κ3) is 4.12. The summed E-state index contributed by atoms with van der Waals surface area (Å²) in [5.74, 6) is -0.326. The quantitative estimate of drug-likeness (QED) is 0.601. The van der Waals surface area contributed by atoms with Gasteiger partial charge in [0.05, 0.1) is 21.5 Å². The van der Waals surface area contributed by atoms with Crippen molar-refractivity contribution in [1.29, 1.82) is 0 Å². The summed E-state index contributed by atoms with van der Waals surface area (Å²) in [4.78, 5) is 20.4. The summed E-state index contributed by atoms with van der Waals surface area (Å²) in [5.41, 5.74) is -0.440. The maximum atomic E-state index is 13.4. The molecule has 0 unspecified atom stereocenters. The molecule has 5 nitrogen and oxygen atoms in total. The fourth-order valence-electron chi connectivity index (χ4n) is 3.16. The number of anilines is 2. The molecule has 0 aliphatic carbocycles. The lowest BCUT2D eigenvalue weighted by Crippen LogP contribution is -2.50. The van der Waals surface area contributed by atoms with Gasteiger partial charge < -0.3 is 15.1 Å². The molecule has 0 atom stereocenters. The second-order valence-electron chi connectivity index (χ2n) is 6.56. The SMILES string of the molecule is O=C(Nc1ccccc1C(F)(F)F)N1CCN(c2nc3ccc(F)cc3s2)CC1. The molecular formula is C19H16F4N4OS. The molecule has 1 aromatic heterocycles. The average Bonchev–Trinajstić information content (AvgIpc) is 3.11. The molecule has 4 rings (SSSR count). The Labute approximate surface area is 167 Å². The molecule has 2 aromatic carbocycles. The van der Waals surface area contributed by atoms with E-state index in [1.807, 2.05) is 4.90 Å². The first-order chi connectivity index (χ1) is 13.8. The van der Waals surface area contributed by atoms with Crippen LogP contribution >= 0.6 is 11.3 Å². The molecule has 1 aliphatic heterocycles. The third-order valence-electron chi connectivity index (χ3n) is 4.65. The number of hydrogen-bond acceptors (Lipinski definition) is 4. The number of rotatable bonds is 2. The first-order valence-electron chi connectivity index (χ1n) is 8.84. The summed E-state index contributed by atoms with van der Waals surface area (Å²) in [6.45, 7) is 1.64. The molecular weight excluding hydrogens is 408 g/mol. The summed E-state index contributed by atoms with van der Waals surface area (Å²) >= 11 is 1.37. The van der Waals surface area contributed by atoms with Crippen LogP contribution in [-0.4, -0.2) is 42.1 Å². The summed E-state index contributed by atoms with van der Waals surface area (Å²) in [6, 6.07) is 8.71. The Morgan fingerprint density at radius 2 is 1.79 bits per heavy atom. The number of aromatic nitrogens is 1. The van der Waals surface area contributed by atoms with Gasteiger partial charge in [0.1, 0.15) is 5.82 Å². The summed E-state index contributed by atoms with van der Waals surface area (Å²) in [7, 11) is 0. The number of carbonyl (C=O) groups excluding carboxylic acids is 1. The number of nitrogens with zero attached hydrogens (tertiary/aromatic N) is 3. The van der Waals surface area contributed by atoms with Crippen molar-refractivity contribution in [3.63, 3.8) is 0 Å². The number of piperazine rings is 1. The molecule has 1 fully saturated rings. The van der Waals surface area contributed by atoms with Crippen molar-refractivity contribution in [2.45, 2.75) is 6.18 Å². The molecule has 1 saturated heterocycles. The van der Waals surface area contributed by atoms with Gasteiger partial charge in [0.25, 0.3) is 0 Å². The van der Waals surface area contributed by atoms with Crippen molar-refractivity contribution in [3.8, 4) is 0 Å². The summed E-state index contributed by atoms with van der Waals surface area (Å²) in [6.07, 6.45) is -4.55. The third-order valence-corrected chi connectivity index (χ3v) is 5.73. The van der Waals surface area contributed by atoms with E-state index in [4.69, 9.17) is 0 Å². The van der Waals surface area contributed by atoms with E-state index in [1.165, 1.54) is 46.6 Å². The van der Waals surface area contributed by atoms with Gasteiger partial charge in [0.15, 0.2) is 5.13 Å². The molecule has 29 heavy (non-hydrogen) atoms. The zero-order valence-electron chi connectivity index (χ0n) is 15.0. The predicted molar refractivity (Wildman–Crippen MR) is 104 cm³/mol. The normalized spacial score (nSPS) is 15.0. The first kappa shape index (κ1) is 19.4. The van der Waals surface area contributed by atoms with Gasteiger partial charge >= 0.3 is 12.2 Å². The van der Waals surface area contributed by atoms with Crippen LogP contribution in [0.5, 0.6) is 0 Å². The highest BCUT2D eigenvalue weighted by molar-refractivity contribution is 7.22. The van der Waals surface area contributed by atoms with Crippen LogP contribution in [-0.2, 0) is 6.18 Å². The highest BCUT2D eigenvalue weighted by Crippen LogP contribution is 2.35. The van der Waals surface area contributed by atoms with Crippen molar-refractivity contribution in [1.82, 2.24) is 9.88 Å². The monoisotopic (exact) mass is 424 g/mol. The molecule has 152 valence electrons. The van der Waals surface area contributed by atoms with Gasteiger partial charge in [-0.25, -0.2) is 14.2 Å². The van der Waals surface area contributed by atoms with Gasteiger partial charge in [-0.05, 0) is 30.3 Å². The standard InChI is InChI=1S/C19H16F4N4OS/c20-12-5-6-15-16(11-12)29-18(25-15)27-9-7-26(8-10-27)17(28)24-14-4-2-1-3-13(14)19(21,22)23/h1-6,11H,7-10H2,(H,24,28). The minimum absolute atomic E-state index is 0.263. The summed E-state index contributed by atoms with van der Waals surface area (Å²) in [5, 5.41) is 3.09. The number of alkyl halides is 3. The van der Waals surface area contributed by atoms with Crippen LogP contribution in [0.4, 0.5) is 33.2 Å². The number of amides is 2. The Morgan fingerprint density at radius 1 is 1.07 bits per heavy atom. The Balaban J connectivity index is 1.41. The molecule has 2 heterocycles. The van der Waals surface area contributed by atoms with E-state index < -0.39 is 17.8 Å². The molecule has 0 spiro atoms. The maximum absolute atomic E-state index is 13.4. The number of halogens is 4. The van der Waals surface area contributed by atoms with Gasteiger partial charge in [-0.1, -0.05) is 23.5 Å². The van der Waals surface area contributed by atoms with Crippen molar-refractivity contribution >= 4 is 38.4 Å². The number of nitrogens with one attached hydrogen (secondary N) is 1. The van der Waals surface area contributed by atoms with E-state index >= 15 is 0 Å². The minimum Gasteiger partial charge on any atom is -0.345 e. The van der Waals surface area contributed by atoms with Gasteiger partial charge in [0.2, 0.25) is 0 Å². The Morgan fingerprint density at radius 3 is 2.52 bits per heavy atom. The number of urea groups is 1. The van der Waals surface area contributed by atoms with Gasteiger partial charge in [0, 0.05) is 26.2 Å². The van der Waals surface area contributed by atoms with E-state index in [2.05, 4.69) is 10.3 Å². The molecule has 2 amide bonds. The van der Waals surface area contributed by atoms with Gasteiger partial charge in [-0.3, -0.25) is 0 Å². The van der Waals surface area contributed by atoms with Crippen LogP contribution < -0.4 is 10.2 Å². The fraction of sp³-hybridized carbons (Fsp3) is 0.263. The Hall–Kier alpha value is -2.88. The second-order valence-corrected chi connectivity index (χ2v) is 7.57. The van der Waals surface area contributed by atoms with Crippen molar-refractivity contribution < 1.29 is 22.4 Å². The zero-order valence-corrected chi connectivity index (χ0v) is 15.9. The summed E-state index contributed by atoms with van der Waals surface area (Å²) < 4.78 is 53.4. The van der Waals surface area contributed by atoms with Crippen LogP contribution in [0.3, 0.4) is 0 Å². The smallest absolute Gasteiger partial charge is 0.345 e. The molecule has 3 aromatic rings. The van der Waals surface area contributed by atoms with Crippen molar-refractivity contribution in [3.05, 3.63) is 53.8 Å². The lowest BCUT2D eigenvalue weighted by molar-refractivity contribution is -0.136. The molecule has 0 bridgehead atoms. The molecule has 0 saturated carbocycles. The highest BCUT2D eigenvalue weighted by Gasteiger charge is 2.34. The number of hydrogen-bond donors (Lipinski definition) is 1. The molecule has 10 heteroatoms. The van der Waals surface area contributed by atoms with Crippen LogP contribution in [0.1, 0.15) is 5.56 Å². The maximum Gasteiger partial charge on any atom is 0.418 e. The van der Waals surface area contributed by atoms with E-state index in [0.29, 0.717) is 31.7 Å². The van der Waals surface area contributed by atoms with E-state index in [-0.39, 0.29) is 11.5 Å². The number of carbonyl (C=O) groups is 1. The topological polar surface area (TPSA) is 48.5 Å². The number of fused-ring (bicyclic) bond motifs is 1. The van der Waals surface area contributed by atoms with Gasteiger partial charge in [-0.15, -0.1) is 0 Å². The average molecular weight is 424 g/mol. The van der Waals surface area contributed by atoms with Crippen molar-refractivity contribution in [2.75, 3.05) is 36.4 Å². The van der Waals surface area contributed by atoms with Crippen LogP contribution in [0.25, 0.3) is 10.2 Å². The van der Waals surface area contributed by atoms with E-state index in [0.717, 1.165) is 15.9 Å². The van der Waals surface area contributed by atoms with E-state index in [1.54, 1.807) is 6.07 Å². The predicted octanol–water partition coefficient (Wildman–Crippen LogP) is 4.81. The van der Waals surface area contributed by atoms with Gasteiger partial charge in [-0.2, -0.15) is 13.2 Å². The second kappa shape index (κ2) is 7.51. The lowest BCUT2D eigenvalue weighted by atomic mass is 10.1. The van der Waals surface area contributed by atoms with Crippen LogP contribution in [0.15, 0.2) is 42.5 Å². The molecule has 0 radical (unpaired) electrons. The largest absolute Gasteiger partial charge is 0.418 e. The molecule has 1 aliphatic rings. The van der Waals surface area contributed by atoms with Crippen LogP contribution in [0, 0.1) is 5.82 Å². The molecule has 1 N–H and O–H groups in total. The van der Waals surface area contributed by atoms with E-state index in [9.17, 15) is 22.4 Å². The lowest BCUT2D eigenvalue weighted by Gasteiger charge is -2.34. The fourth-order valence-corrected chi connectivity index (χ4v) is 4.20. The number of para-hydroxylation sites is 1.